The van der Waals surface area contributed by atoms with Crippen LogP contribution in [0, 0.1) is 5.92 Å². The van der Waals surface area contributed by atoms with Crippen LogP contribution in [0.1, 0.15) is 27.2 Å². The maximum Gasteiger partial charge on any atom is 0.140 e. The molecule has 0 saturated carbocycles. The Morgan fingerprint density at radius 2 is 2.20 bits per heavy atom. The molecular weight excluding hydrogens is 128 g/mol. The fraction of sp³-hybridized carbons (Fsp3) is 0.875. The zero-order chi connectivity index (χ0) is 7.78. The monoisotopic (exact) mass is 142 g/mol. The quantitative estimate of drug-likeness (QED) is 0.511. The maximum absolute atomic E-state index is 11.1. The Bertz CT molecular complexity index is 149. The van der Waals surface area contributed by atoms with Crippen molar-refractivity contribution in [1.29, 1.82) is 0 Å². The van der Waals surface area contributed by atoms with E-state index in [1.165, 1.54) is 0 Å². The molecule has 0 spiro atoms. The van der Waals surface area contributed by atoms with Gasteiger partial charge in [0.2, 0.25) is 0 Å². The standard InChI is InChI=1S/C8H14O2/c1-6-5-10-8(2,3)4-7(6)9/h6H,4-5H2,1-3H3. The van der Waals surface area contributed by atoms with Crippen LogP contribution < -0.4 is 0 Å². The molecule has 1 fully saturated rings. The molecule has 58 valence electrons. The Morgan fingerprint density at radius 1 is 1.60 bits per heavy atom. The first kappa shape index (κ1) is 7.73. The van der Waals surface area contributed by atoms with Crippen molar-refractivity contribution in [3.8, 4) is 0 Å². The number of hydrogen-bond donors (Lipinski definition) is 0. The predicted molar refractivity (Wildman–Crippen MR) is 38.8 cm³/mol. The molecule has 1 aliphatic rings. The van der Waals surface area contributed by atoms with Crippen molar-refractivity contribution in [2.75, 3.05) is 6.61 Å². The van der Waals surface area contributed by atoms with Crippen molar-refractivity contribution in [2.45, 2.75) is 32.8 Å². The number of hydrogen-bond acceptors (Lipinski definition) is 2. The number of carbonyl (C=O) groups excluding carboxylic acids is 1. The van der Waals surface area contributed by atoms with E-state index in [1.54, 1.807) is 0 Å². The lowest BCUT2D eigenvalue weighted by molar-refractivity contribution is -0.143. The highest BCUT2D eigenvalue weighted by molar-refractivity contribution is 5.82. The molecule has 0 amide bonds. The maximum atomic E-state index is 11.1. The molecule has 1 saturated heterocycles. The van der Waals surface area contributed by atoms with Crippen LogP contribution in [0.4, 0.5) is 0 Å². The molecule has 0 N–H and O–H groups in total. The van der Waals surface area contributed by atoms with Crippen LogP contribution in [0.15, 0.2) is 0 Å². The fourth-order valence-electron chi connectivity index (χ4n) is 1.09. The van der Waals surface area contributed by atoms with Crippen molar-refractivity contribution in [3.05, 3.63) is 0 Å². The summed E-state index contributed by atoms with van der Waals surface area (Å²) in [5.41, 5.74) is -0.219. The van der Waals surface area contributed by atoms with Gasteiger partial charge >= 0.3 is 0 Å². The third-order valence-corrected chi connectivity index (χ3v) is 1.87. The van der Waals surface area contributed by atoms with Crippen molar-refractivity contribution in [3.63, 3.8) is 0 Å². The van der Waals surface area contributed by atoms with Crippen molar-refractivity contribution >= 4 is 5.78 Å². The molecule has 0 aliphatic carbocycles. The van der Waals surface area contributed by atoms with Gasteiger partial charge in [0.25, 0.3) is 0 Å². The molecule has 1 atom stereocenters. The van der Waals surface area contributed by atoms with E-state index in [0.29, 0.717) is 18.8 Å². The summed E-state index contributed by atoms with van der Waals surface area (Å²) >= 11 is 0. The molecule has 0 aromatic rings. The van der Waals surface area contributed by atoms with E-state index < -0.39 is 0 Å². The van der Waals surface area contributed by atoms with Gasteiger partial charge in [0.1, 0.15) is 5.78 Å². The summed E-state index contributed by atoms with van der Waals surface area (Å²) in [7, 11) is 0. The minimum atomic E-state index is -0.219. The van der Waals surface area contributed by atoms with E-state index in [1.807, 2.05) is 20.8 Å². The second kappa shape index (κ2) is 2.35. The van der Waals surface area contributed by atoms with Crippen molar-refractivity contribution < 1.29 is 9.53 Å². The minimum absolute atomic E-state index is 0.105. The Hall–Kier alpha value is -0.370. The number of carbonyl (C=O) groups is 1. The van der Waals surface area contributed by atoms with Crippen LogP contribution in [0.2, 0.25) is 0 Å². The molecule has 0 aromatic heterocycles. The molecule has 1 aliphatic heterocycles. The third-order valence-electron chi connectivity index (χ3n) is 1.87. The summed E-state index contributed by atoms with van der Waals surface area (Å²) in [6, 6.07) is 0. The Labute approximate surface area is 61.6 Å². The van der Waals surface area contributed by atoms with Crippen LogP contribution in [0.25, 0.3) is 0 Å². The molecule has 0 radical (unpaired) electrons. The summed E-state index contributed by atoms with van der Waals surface area (Å²) in [4.78, 5) is 11.1. The molecule has 1 heterocycles. The van der Waals surface area contributed by atoms with Crippen LogP contribution in [-0.2, 0) is 9.53 Å². The second-order valence-electron chi connectivity index (χ2n) is 3.61. The fourth-order valence-corrected chi connectivity index (χ4v) is 1.09. The van der Waals surface area contributed by atoms with E-state index in [4.69, 9.17) is 4.74 Å². The summed E-state index contributed by atoms with van der Waals surface area (Å²) in [5, 5.41) is 0. The van der Waals surface area contributed by atoms with Gasteiger partial charge in [-0.3, -0.25) is 4.79 Å². The van der Waals surface area contributed by atoms with Gasteiger partial charge in [-0.15, -0.1) is 0 Å². The van der Waals surface area contributed by atoms with Gasteiger partial charge in [-0.2, -0.15) is 0 Å². The van der Waals surface area contributed by atoms with E-state index in [2.05, 4.69) is 0 Å². The lowest BCUT2D eigenvalue weighted by Crippen LogP contribution is -2.38. The molecule has 1 unspecified atom stereocenters. The van der Waals surface area contributed by atoms with Gasteiger partial charge in [-0.25, -0.2) is 0 Å². The van der Waals surface area contributed by atoms with Gasteiger partial charge in [0.05, 0.1) is 12.2 Å². The van der Waals surface area contributed by atoms with Gasteiger partial charge in [-0.05, 0) is 13.8 Å². The Kier molecular flexibility index (Phi) is 1.82. The van der Waals surface area contributed by atoms with Gasteiger partial charge < -0.3 is 4.74 Å². The second-order valence-corrected chi connectivity index (χ2v) is 3.61. The van der Waals surface area contributed by atoms with Gasteiger partial charge in [0, 0.05) is 12.3 Å². The summed E-state index contributed by atoms with van der Waals surface area (Å²) in [5.74, 6) is 0.435. The number of ether oxygens (including phenoxy) is 1. The van der Waals surface area contributed by atoms with Gasteiger partial charge in [-0.1, -0.05) is 6.92 Å². The van der Waals surface area contributed by atoms with E-state index in [0.717, 1.165) is 0 Å². The van der Waals surface area contributed by atoms with Crippen LogP contribution >= 0.6 is 0 Å². The first-order chi connectivity index (χ1) is 4.51. The third kappa shape index (κ3) is 1.57. The lowest BCUT2D eigenvalue weighted by atomic mass is 9.91. The molecule has 10 heavy (non-hydrogen) atoms. The SMILES string of the molecule is CC1COC(C)(C)CC1=O. The Morgan fingerprint density at radius 3 is 2.60 bits per heavy atom. The normalized spacial score (nSPS) is 32.3. The zero-order valence-corrected chi connectivity index (χ0v) is 6.81. The molecule has 0 bridgehead atoms. The first-order valence-electron chi connectivity index (χ1n) is 3.68. The van der Waals surface area contributed by atoms with Crippen LogP contribution in [-0.4, -0.2) is 18.0 Å². The van der Waals surface area contributed by atoms with E-state index in [9.17, 15) is 4.79 Å². The highest BCUT2D eigenvalue weighted by atomic mass is 16.5. The number of Topliss-reactive ketones (excluding diaryl/α,β-unsaturated/α-hetero) is 1. The molecular formula is C8H14O2. The van der Waals surface area contributed by atoms with Crippen LogP contribution in [0.5, 0.6) is 0 Å². The zero-order valence-electron chi connectivity index (χ0n) is 6.81. The minimum Gasteiger partial charge on any atom is -0.374 e. The average molecular weight is 142 g/mol. The average Bonchev–Trinajstić information content (AvgIpc) is 1.79. The van der Waals surface area contributed by atoms with E-state index >= 15 is 0 Å². The molecule has 1 rings (SSSR count). The summed E-state index contributed by atoms with van der Waals surface area (Å²) in [6.45, 7) is 6.41. The smallest absolute Gasteiger partial charge is 0.140 e. The topological polar surface area (TPSA) is 26.3 Å². The van der Waals surface area contributed by atoms with Crippen LogP contribution in [0.3, 0.4) is 0 Å². The largest absolute Gasteiger partial charge is 0.374 e. The number of rotatable bonds is 0. The van der Waals surface area contributed by atoms with E-state index in [-0.39, 0.29) is 11.5 Å². The predicted octanol–water partition coefficient (Wildman–Crippen LogP) is 1.39. The first-order valence-corrected chi connectivity index (χ1v) is 3.68. The lowest BCUT2D eigenvalue weighted by Gasteiger charge is -2.32. The number of ketones is 1. The molecule has 0 aromatic carbocycles. The highest BCUT2D eigenvalue weighted by Gasteiger charge is 2.31. The Balaban J connectivity index is 2.57. The summed E-state index contributed by atoms with van der Waals surface area (Å²) < 4.78 is 5.43. The van der Waals surface area contributed by atoms with Crippen molar-refractivity contribution in [2.24, 2.45) is 5.92 Å². The summed E-state index contributed by atoms with van der Waals surface area (Å²) in [6.07, 6.45) is 0.564. The van der Waals surface area contributed by atoms with Gasteiger partial charge in [0.15, 0.2) is 0 Å². The van der Waals surface area contributed by atoms with Crippen molar-refractivity contribution in [1.82, 2.24) is 0 Å². The highest BCUT2D eigenvalue weighted by Crippen LogP contribution is 2.23. The molecule has 2 nitrogen and oxygen atoms in total. The molecule has 2 heteroatoms.